The fourth-order valence-electron chi connectivity index (χ4n) is 3.99. The molecular weight excluding hydrogens is 360 g/mol. The molecule has 0 bridgehead atoms. The Morgan fingerprint density at radius 3 is 2.61 bits per heavy atom. The number of nitrogens with one attached hydrogen (secondary N) is 1. The molecule has 152 valence electrons. The second kappa shape index (κ2) is 7.79. The summed E-state index contributed by atoms with van der Waals surface area (Å²) in [5.41, 5.74) is 5.25. The van der Waals surface area contributed by atoms with Crippen molar-refractivity contribution in [2.75, 3.05) is 26.7 Å². The molecule has 0 aromatic heterocycles. The number of ether oxygens (including phenoxy) is 1. The second-order valence-corrected chi connectivity index (χ2v) is 7.78. The molecule has 0 spiro atoms. The van der Waals surface area contributed by atoms with E-state index in [1.54, 1.807) is 43.2 Å². The van der Waals surface area contributed by atoms with Gasteiger partial charge in [0.25, 0.3) is 5.91 Å². The average Bonchev–Trinajstić information content (AvgIpc) is 2.91. The van der Waals surface area contributed by atoms with Crippen LogP contribution in [0.1, 0.15) is 32.3 Å². The van der Waals surface area contributed by atoms with E-state index in [-0.39, 0.29) is 18.5 Å². The minimum absolute atomic E-state index is 0.0509. The first-order chi connectivity index (χ1) is 13.3. The van der Waals surface area contributed by atoms with Gasteiger partial charge in [0.05, 0.1) is 7.11 Å². The number of carbonyl (C=O) groups excluding carboxylic acids is 3. The Bertz CT molecular complexity index is 766. The number of imide groups is 1. The summed E-state index contributed by atoms with van der Waals surface area (Å²) in [7, 11) is 1.56. The SMILES string of the molecule is COc1ccc(C2(C)NC(=O)N(CC(=O)N3CCC(C)CC3CN)C2=O)cc1. The van der Waals surface area contributed by atoms with E-state index in [2.05, 4.69) is 12.2 Å². The molecule has 3 unspecified atom stereocenters. The van der Waals surface area contributed by atoms with Crippen LogP contribution in [0, 0.1) is 5.92 Å². The fraction of sp³-hybridized carbons (Fsp3) is 0.550. The van der Waals surface area contributed by atoms with E-state index >= 15 is 0 Å². The first-order valence-corrected chi connectivity index (χ1v) is 9.58. The number of nitrogens with two attached hydrogens (primary N) is 1. The molecule has 2 aliphatic rings. The van der Waals surface area contributed by atoms with Crippen molar-refractivity contribution < 1.29 is 19.1 Å². The van der Waals surface area contributed by atoms with Gasteiger partial charge in [-0.3, -0.25) is 14.5 Å². The normalized spacial score (nSPS) is 27.7. The zero-order valence-corrected chi connectivity index (χ0v) is 16.6. The molecule has 4 amide bonds. The van der Waals surface area contributed by atoms with Gasteiger partial charge in [0.15, 0.2) is 0 Å². The third-order valence-electron chi connectivity index (χ3n) is 5.81. The van der Waals surface area contributed by atoms with Gasteiger partial charge in [-0.1, -0.05) is 19.1 Å². The van der Waals surface area contributed by atoms with Gasteiger partial charge in [0.1, 0.15) is 17.8 Å². The van der Waals surface area contributed by atoms with E-state index in [1.807, 2.05) is 0 Å². The van der Waals surface area contributed by atoms with Crippen LogP contribution in [0.3, 0.4) is 0 Å². The van der Waals surface area contributed by atoms with Crippen molar-refractivity contribution in [3.63, 3.8) is 0 Å². The van der Waals surface area contributed by atoms with Gasteiger partial charge in [-0.25, -0.2) is 4.79 Å². The summed E-state index contributed by atoms with van der Waals surface area (Å²) in [6, 6.07) is 6.32. The van der Waals surface area contributed by atoms with Crippen LogP contribution in [0.15, 0.2) is 24.3 Å². The third kappa shape index (κ3) is 3.56. The molecule has 0 aliphatic carbocycles. The molecule has 2 aliphatic heterocycles. The van der Waals surface area contributed by atoms with Gasteiger partial charge in [-0.05, 0) is 43.4 Å². The van der Waals surface area contributed by atoms with E-state index in [0.717, 1.165) is 17.7 Å². The molecule has 8 heteroatoms. The van der Waals surface area contributed by atoms with E-state index in [9.17, 15) is 14.4 Å². The Balaban J connectivity index is 1.75. The summed E-state index contributed by atoms with van der Waals surface area (Å²) >= 11 is 0. The smallest absolute Gasteiger partial charge is 0.325 e. The lowest BCUT2D eigenvalue weighted by Crippen LogP contribution is -2.53. The van der Waals surface area contributed by atoms with E-state index in [1.165, 1.54) is 0 Å². The number of piperidine rings is 1. The summed E-state index contributed by atoms with van der Waals surface area (Å²) in [6.07, 6.45) is 1.73. The van der Waals surface area contributed by atoms with Crippen LogP contribution in [-0.2, 0) is 15.1 Å². The molecule has 3 N–H and O–H groups in total. The predicted octanol–water partition coefficient (Wildman–Crippen LogP) is 1.05. The topological polar surface area (TPSA) is 105 Å². The minimum atomic E-state index is -1.21. The number of rotatable bonds is 5. The van der Waals surface area contributed by atoms with Gasteiger partial charge in [0, 0.05) is 19.1 Å². The zero-order chi connectivity index (χ0) is 20.5. The second-order valence-electron chi connectivity index (χ2n) is 7.78. The highest BCUT2D eigenvalue weighted by Crippen LogP contribution is 2.30. The van der Waals surface area contributed by atoms with Gasteiger partial charge >= 0.3 is 6.03 Å². The molecule has 28 heavy (non-hydrogen) atoms. The van der Waals surface area contributed by atoms with Crippen molar-refractivity contribution in [3.05, 3.63) is 29.8 Å². The van der Waals surface area contributed by atoms with Crippen LogP contribution in [0.5, 0.6) is 5.75 Å². The quantitative estimate of drug-likeness (QED) is 0.734. The van der Waals surface area contributed by atoms with Crippen LogP contribution >= 0.6 is 0 Å². The molecule has 2 heterocycles. The summed E-state index contributed by atoms with van der Waals surface area (Å²) in [5.74, 6) is 0.478. The molecule has 2 fully saturated rings. The van der Waals surface area contributed by atoms with Gasteiger partial charge in [0.2, 0.25) is 5.91 Å². The number of likely N-dealkylation sites (tertiary alicyclic amines) is 1. The predicted molar refractivity (Wildman–Crippen MR) is 104 cm³/mol. The van der Waals surface area contributed by atoms with Crippen LogP contribution < -0.4 is 15.8 Å². The maximum atomic E-state index is 13.0. The first kappa shape index (κ1) is 20.1. The van der Waals surface area contributed by atoms with Crippen LogP contribution in [0.2, 0.25) is 0 Å². The third-order valence-corrected chi connectivity index (χ3v) is 5.81. The Hall–Kier alpha value is -2.61. The monoisotopic (exact) mass is 388 g/mol. The Kier molecular flexibility index (Phi) is 5.60. The van der Waals surface area contributed by atoms with Gasteiger partial charge in [-0.2, -0.15) is 0 Å². The molecular formula is C20H28N4O4. The maximum Gasteiger partial charge on any atom is 0.325 e. The average molecular weight is 388 g/mol. The fourth-order valence-corrected chi connectivity index (χ4v) is 3.99. The molecule has 2 saturated heterocycles. The summed E-state index contributed by atoms with van der Waals surface area (Å²) in [4.78, 5) is 41.1. The number of hydrogen-bond acceptors (Lipinski definition) is 5. The molecule has 1 aromatic carbocycles. The van der Waals surface area contributed by atoms with Crippen molar-refractivity contribution in [1.29, 1.82) is 0 Å². The molecule has 0 saturated carbocycles. The van der Waals surface area contributed by atoms with Crippen molar-refractivity contribution in [2.24, 2.45) is 11.7 Å². The highest BCUT2D eigenvalue weighted by molar-refractivity contribution is 6.09. The number of urea groups is 1. The first-order valence-electron chi connectivity index (χ1n) is 9.58. The number of methoxy groups -OCH3 is 1. The Morgan fingerprint density at radius 2 is 2.00 bits per heavy atom. The zero-order valence-electron chi connectivity index (χ0n) is 16.6. The summed E-state index contributed by atoms with van der Waals surface area (Å²) in [6.45, 7) is 4.48. The summed E-state index contributed by atoms with van der Waals surface area (Å²) < 4.78 is 5.14. The molecule has 3 atom stereocenters. The van der Waals surface area contributed by atoms with Gasteiger partial charge < -0.3 is 20.7 Å². The van der Waals surface area contributed by atoms with Crippen LogP contribution in [-0.4, -0.2) is 60.4 Å². The molecule has 3 rings (SSSR count). The van der Waals surface area contributed by atoms with Crippen LogP contribution in [0.4, 0.5) is 4.79 Å². The lowest BCUT2D eigenvalue weighted by atomic mass is 9.91. The minimum Gasteiger partial charge on any atom is -0.497 e. The van der Waals surface area contributed by atoms with E-state index in [4.69, 9.17) is 10.5 Å². The highest BCUT2D eigenvalue weighted by Gasteiger charge is 2.50. The standard InChI is InChI=1S/C20H28N4O4/c1-13-8-9-23(15(10-13)11-21)17(25)12-24-18(26)20(2,22-19(24)27)14-4-6-16(28-3)7-5-14/h4-7,13,15H,8-12,21H2,1-3H3,(H,22,27). The molecule has 0 radical (unpaired) electrons. The summed E-state index contributed by atoms with van der Waals surface area (Å²) in [5, 5.41) is 2.73. The largest absolute Gasteiger partial charge is 0.497 e. The van der Waals surface area contributed by atoms with Crippen molar-refractivity contribution in [3.8, 4) is 5.75 Å². The van der Waals surface area contributed by atoms with E-state index < -0.39 is 17.5 Å². The van der Waals surface area contributed by atoms with Crippen molar-refractivity contribution >= 4 is 17.8 Å². The molecule has 8 nitrogen and oxygen atoms in total. The molecule has 1 aromatic rings. The van der Waals surface area contributed by atoms with E-state index in [0.29, 0.717) is 30.3 Å². The Morgan fingerprint density at radius 1 is 1.32 bits per heavy atom. The van der Waals surface area contributed by atoms with Gasteiger partial charge in [-0.15, -0.1) is 0 Å². The number of hydrogen-bond donors (Lipinski definition) is 2. The van der Waals surface area contributed by atoms with Crippen molar-refractivity contribution in [1.82, 2.24) is 15.1 Å². The lowest BCUT2D eigenvalue weighted by Gasteiger charge is -2.38. The van der Waals surface area contributed by atoms with Crippen molar-refractivity contribution in [2.45, 2.75) is 38.3 Å². The number of carbonyl (C=O) groups is 3. The van der Waals surface area contributed by atoms with Crippen LogP contribution in [0.25, 0.3) is 0 Å². The number of amides is 4. The Labute approximate surface area is 165 Å². The highest BCUT2D eigenvalue weighted by atomic mass is 16.5. The lowest BCUT2D eigenvalue weighted by molar-refractivity contribution is -0.141. The maximum absolute atomic E-state index is 13.0. The number of benzene rings is 1. The number of nitrogens with zero attached hydrogens (tertiary/aromatic N) is 2.